The van der Waals surface area contributed by atoms with Crippen LogP contribution in [0, 0.1) is 5.92 Å². The Morgan fingerprint density at radius 3 is 2.24 bits per heavy atom. The fraction of sp³-hybridized carbons (Fsp3) is 0.500. The van der Waals surface area contributed by atoms with E-state index in [2.05, 4.69) is 5.32 Å². The van der Waals surface area contributed by atoms with Crippen LogP contribution in [0.1, 0.15) is 45.1 Å². The summed E-state index contributed by atoms with van der Waals surface area (Å²) in [5, 5.41) is 22.3. The molecule has 0 heterocycles. The van der Waals surface area contributed by atoms with Crippen molar-refractivity contribution >= 4 is 17.6 Å². The van der Waals surface area contributed by atoms with E-state index >= 15 is 0 Å². The molecule has 0 saturated heterocycles. The topological polar surface area (TPSA) is 86.6 Å². The van der Waals surface area contributed by atoms with E-state index in [-0.39, 0.29) is 11.8 Å². The first-order chi connectivity index (χ1) is 9.86. The van der Waals surface area contributed by atoms with Gasteiger partial charge >= 0.3 is 5.97 Å². The van der Waals surface area contributed by atoms with E-state index in [1.165, 1.54) is 6.92 Å². The minimum Gasteiger partial charge on any atom is -0.481 e. The summed E-state index contributed by atoms with van der Waals surface area (Å²) in [6.07, 6.45) is 0.732. The Hall–Kier alpha value is -1.88. The lowest BCUT2D eigenvalue weighted by Crippen LogP contribution is -2.31. The van der Waals surface area contributed by atoms with Gasteiger partial charge in [0.2, 0.25) is 5.91 Å². The lowest BCUT2D eigenvalue weighted by Gasteiger charge is -2.25. The normalized spacial score (nSPS) is 15.0. The van der Waals surface area contributed by atoms with E-state index in [1.807, 2.05) is 13.8 Å². The summed E-state index contributed by atoms with van der Waals surface area (Å²) in [6, 6.07) is 6.55. The molecular weight excluding hydrogens is 270 g/mol. The summed E-state index contributed by atoms with van der Waals surface area (Å²) in [4.78, 5) is 22.4. The van der Waals surface area contributed by atoms with Crippen LogP contribution in [-0.4, -0.2) is 28.2 Å². The minimum atomic E-state index is -1.04. The Balaban J connectivity index is 2.95. The van der Waals surface area contributed by atoms with E-state index < -0.39 is 18.0 Å². The molecular formula is C16H23NO4. The first-order valence-electron chi connectivity index (χ1n) is 7.15. The molecule has 1 amide bonds. The predicted octanol–water partition coefficient (Wildman–Crippen LogP) is 2.61. The summed E-state index contributed by atoms with van der Waals surface area (Å²) in [6.45, 7) is 5.27. The summed E-state index contributed by atoms with van der Waals surface area (Å²) in [5.74, 6) is -2.28. The molecule has 116 valence electrons. The van der Waals surface area contributed by atoms with E-state index in [9.17, 15) is 19.8 Å². The molecule has 0 bridgehead atoms. The fourth-order valence-corrected chi connectivity index (χ4v) is 2.42. The average Bonchev–Trinajstić information content (AvgIpc) is 2.40. The maximum Gasteiger partial charge on any atom is 0.313 e. The van der Waals surface area contributed by atoms with Gasteiger partial charge in [0.1, 0.15) is 5.92 Å². The van der Waals surface area contributed by atoms with Crippen LogP contribution in [0.2, 0.25) is 0 Å². The van der Waals surface area contributed by atoms with Gasteiger partial charge in [-0.1, -0.05) is 32.4 Å². The van der Waals surface area contributed by atoms with Crippen molar-refractivity contribution < 1.29 is 19.8 Å². The van der Waals surface area contributed by atoms with Gasteiger partial charge in [-0.2, -0.15) is 0 Å². The van der Waals surface area contributed by atoms with E-state index in [0.29, 0.717) is 11.3 Å². The van der Waals surface area contributed by atoms with Gasteiger partial charge in [-0.3, -0.25) is 9.59 Å². The third-order valence-corrected chi connectivity index (χ3v) is 3.52. The Bertz CT molecular complexity index is 484. The Kier molecular flexibility index (Phi) is 6.37. The van der Waals surface area contributed by atoms with Crippen LogP contribution in [0.25, 0.3) is 0 Å². The highest BCUT2D eigenvalue weighted by atomic mass is 16.4. The summed E-state index contributed by atoms with van der Waals surface area (Å²) < 4.78 is 0. The summed E-state index contributed by atoms with van der Waals surface area (Å²) in [7, 11) is 0. The molecule has 1 aromatic carbocycles. The molecule has 0 fully saturated rings. The Morgan fingerprint density at radius 2 is 1.81 bits per heavy atom. The van der Waals surface area contributed by atoms with E-state index in [4.69, 9.17) is 0 Å². The van der Waals surface area contributed by atoms with Gasteiger partial charge in [0.05, 0.1) is 6.10 Å². The lowest BCUT2D eigenvalue weighted by atomic mass is 9.84. The van der Waals surface area contributed by atoms with Gasteiger partial charge < -0.3 is 15.5 Å². The molecule has 3 unspecified atom stereocenters. The van der Waals surface area contributed by atoms with Gasteiger partial charge in [0, 0.05) is 12.6 Å². The number of carboxylic acid groups (broad SMARTS) is 1. The monoisotopic (exact) mass is 293 g/mol. The third-order valence-electron chi connectivity index (χ3n) is 3.52. The van der Waals surface area contributed by atoms with Crippen LogP contribution in [0.3, 0.4) is 0 Å². The second-order valence-electron chi connectivity index (χ2n) is 5.38. The molecule has 3 atom stereocenters. The summed E-state index contributed by atoms with van der Waals surface area (Å²) in [5.41, 5.74) is 1.14. The molecule has 0 aliphatic rings. The van der Waals surface area contributed by atoms with E-state index in [1.54, 1.807) is 24.3 Å². The molecule has 1 rings (SSSR count). The van der Waals surface area contributed by atoms with Gasteiger partial charge in [-0.15, -0.1) is 0 Å². The summed E-state index contributed by atoms with van der Waals surface area (Å²) >= 11 is 0. The molecule has 21 heavy (non-hydrogen) atoms. The number of aliphatic hydroxyl groups excluding tert-OH is 1. The van der Waals surface area contributed by atoms with Gasteiger partial charge in [-0.25, -0.2) is 0 Å². The zero-order chi connectivity index (χ0) is 16.0. The molecule has 3 N–H and O–H groups in total. The average molecular weight is 293 g/mol. The van der Waals surface area contributed by atoms with Crippen molar-refractivity contribution in [1.82, 2.24) is 0 Å². The first-order valence-corrected chi connectivity index (χ1v) is 7.15. The number of aliphatic carboxylic acids is 1. The maximum absolute atomic E-state index is 11.5. The quantitative estimate of drug-likeness (QED) is 0.721. The molecule has 0 aliphatic carbocycles. The first kappa shape index (κ1) is 17.2. The van der Waals surface area contributed by atoms with Crippen molar-refractivity contribution in [2.24, 2.45) is 5.92 Å². The number of nitrogens with one attached hydrogen (secondary N) is 1. The fourth-order valence-electron chi connectivity index (χ4n) is 2.42. The van der Waals surface area contributed by atoms with Crippen LogP contribution in [0.4, 0.5) is 5.69 Å². The molecule has 5 heteroatoms. The Morgan fingerprint density at radius 1 is 1.24 bits per heavy atom. The zero-order valence-electron chi connectivity index (χ0n) is 12.7. The van der Waals surface area contributed by atoms with Crippen molar-refractivity contribution in [1.29, 1.82) is 0 Å². The highest BCUT2D eigenvalue weighted by Gasteiger charge is 2.31. The molecule has 0 aliphatic heterocycles. The van der Waals surface area contributed by atoms with E-state index in [0.717, 1.165) is 12.8 Å². The smallest absolute Gasteiger partial charge is 0.313 e. The molecule has 1 aromatic rings. The van der Waals surface area contributed by atoms with Gasteiger partial charge in [0.15, 0.2) is 0 Å². The standard InChI is InChI=1S/C16H23NO4/c1-4-5-10(2)15(19)14(16(20)21)12-6-8-13(9-7-12)17-11(3)18/h6-10,14-15,19H,4-5H2,1-3H3,(H,17,18)(H,20,21). The van der Waals surface area contributed by atoms with Crippen molar-refractivity contribution in [2.75, 3.05) is 5.32 Å². The largest absolute Gasteiger partial charge is 0.481 e. The van der Waals surface area contributed by atoms with Crippen molar-refractivity contribution in [3.63, 3.8) is 0 Å². The lowest BCUT2D eigenvalue weighted by molar-refractivity contribution is -0.142. The van der Waals surface area contributed by atoms with Gasteiger partial charge in [-0.05, 0) is 30.0 Å². The number of anilines is 1. The minimum absolute atomic E-state index is 0.0916. The SMILES string of the molecule is CCCC(C)C(O)C(C(=O)O)c1ccc(NC(C)=O)cc1. The number of hydrogen-bond acceptors (Lipinski definition) is 3. The Labute approximate surface area is 125 Å². The number of carboxylic acids is 1. The number of benzene rings is 1. The van der Waals surface area contributed by atoms with Crippen molar-refractivity contribution in [3.8, 4) is 0 Å². The molecule has 5 nitrogen and oxygen atoms in total. The van der Waals surface area contributed by atoms with Gasteiger partial charge in [0.25, 0.3) is 0 Å². The zero-order valence-corrected chi connectivity index (χ0v) is 12.7. The van der Waals surface area contributed by atoms with Crippen molar-refractivity contribution in [2.45, 2.75) is 45.6 Å². The number of carbonyl (C=O) groups excluding carboxylic acids is 1. The predicted molar refractivity (Wildman–Crippen MR) is 81.2 cm³/mol. The number of carbonyl (C=O) groups is 2. The van der Waals surface area contributed by atoms with Crippen LogP contribution in [0.15, 0.2) is 24.3 Å². The second kappa shape index (κ2) is 7.78. The molecule has 0 aromatic heterocycles. The highest BCUT2D eigenvalue weighted by molar-refractivity contribution is 5.88. The highest BCUT2D eigenvalue weighted by Crippen LogP contribution is 2.28. The van der Waals surface area contributed by atoms with Crippen LogP contribution < -0.4 is 5.32 Å². The molecule has 0 spiro atoms. The molecule has 0 saturated carbocycles. The van der Waals surface area contributed by atoms with Crippen LogP contribution in [-0.2, 0) is 9.59 Å². The third kappa shape index (κ3) is 4.86. The second-order valence-corrected chi connectivity index (χ2v) is 5.38. The number of aliphatic hydroxyl groups is 1. The van der Waals surface area contributed by atoms with Crippen molar-refractivity contribution in [3.05, 3.63) is 29.8 Å². The van der Waals surface area contributed by atoms with Crippen LogP contribution >= 0.6 is 0 Å². The number of amides is 1. The number of hydrogen-bond donors (Lipinski definition) is 3. The maximum atomic E-state index is 11.5. The van der Waals surface area contributed by atoms with Crippen LogP contribution in [0.5, 0.6) is 0 Å². The number of rotatable bonds is 7. The molecule has 0 radical (unpaired) electrons.